The van der Waals surface area contributed by atoms with Gasteiger partial charge in [-0.05, 0) is 47.3 Å². The van der Waals surface area contributed by atoms with Gasteiger partial charge in [-0.1, -0.05) is 6.92 Å². The Morgan fingerprint density at radius 3 is 2.24 bits per heavy atom. The highest BCUT2D eigenvalue weighted by atomic mass is 16.2. The van der Waals surface area contributed by atoms with Crippen molar-refractivity contribution < 1.29 is 4.79 Å². The summed E-state index contributed by atoms with van der Waals surface area (Å²) in [5.41, 5.74) is -0.867. The second-order valence-corrected chi connectivity index (χ2v) is 4.84. The highest BCUT2D eigenvalue weighted by molar-refractivity contribution is 5.85. The Morgan fingerprint density at radius 1 is 1.29 bits per heavy atom. The van der Waals surface area contributed by atoms with Crippen molar-refractivity contribution >= 4 is 5.91 Å². The molecule has 4 nitrogen and oxygen atoms in total. The van der Waals surface area contributed by atoms with Crippen molar-refractivity contribution in [3.8, 4) is 6.07 Å². The van der Waals surface area contributed by atoms with Crippen molar-refractivity contribution in [1.29, 1.82) is 5.26 Å². The van der Waals surface area contributed by atoms with E-state index >= 15 is 0 Å². The fourth-order valence-electron chi connectivity index (χ4n) is 1.61. The summed E-state index contributed by atoms with van der Waals surface area (Å²) in [6.07, 6.45) is 1.50. The first kappa shape index (κ1) is 15.9. The Hall–Kier alpha value is -1.08. The molecule has 0 aromatic heterocycles. The van der Waals surface area contributed by atoms with E-state index in [-0.39, 0.29) is 5.91 Å². The summed E-state index contributed by atoms with van der Waals surface area (Å²) in [6, 6.07) is 2.14. The third-order valence-corrected chi connectivity index (χ3v) is 3.13. The molecular formula is C13H25N3O. The van der Waals surface area contributed by atoms with Gasteiger partial charge < -0.3 is 9.80 Å². The summed E-state index contributed by atoms with van der Waals surface area (Å²) in [6.45, 7) is 7.92. The van der Waals surface area contributed by atoms with Crippen LogP contribution in [0, 0.1) is 16.7 Å². The van der Waals surface area contributed by atoms with Gasteiger partial charge in [-0.3, -0.25) is 4.79 Å². The molecule has 0 aromatic carbocycles. The van der Waals surface area contributed by atoms with Gasteiger partial charge in [0.2, 0.25) is 5.91 Å². The van der Waals surface area contributed by atoms with Gasteiger partial charge in [-0.2, -0.15) is 5.26 Å². The highest BCUT2D eigenvalue weighted by Crippen LogP contribution is 2.23. The molecule has 17 heavy (non-hydrogen) atoms. The summed E-state index contributed by atoms with van der Waals surface area (Å²) in [4.78, 5) is 16.1. The van der Waals surface area contributed by atoms with Gasteiger partial charge in [0.1, 0.15) is 5.41 Å². The molecule has 0 spiro atoms. The van der Waals surface area contributed by atoms with E-state index in [0.717, 1.165) is 19.5 Å². The van der Waals surface area contributed by atoms with Crippen LogP contribution in [0.3, 0.4) is 0 Å². The van der Waals surface area contributed by atoms with E-state index in [1.54, 1.807) is 11.8 Å². The molecule has 1 unspecified atom stereocenters. The SMILES string of the molecule is CCN(CCCN(C)C)C(=O)C(C)(C#N)CC. The van der Waals surface area contributed by atoms with Crippen LogP contribution in [0.25, 0.3) is 0 Å². The average molecular weight is 239 g/mol. The number of hydrogen-bond acceptors (Lipinski definition) is 3. The molecule has 0 N–H and O–H groups in total. The number of nitriles is 1. The quantitative estimate of drug-likeness (QED) is 0.679. The predicted molar refractivity (Wildman–Crippen MR) is 69.4 cm³/mol. The first-order valence-electron chi connectivity index (χ1n) is 6.26. The smallest absolute Gasteiger partial charge is 0.242 e. The third kappa shape index (κ3) is 4.74. The second-order valence-electron chi connectivity index (χ2n) is 4.84. The largest absolute Gasteiger partial charge is 0.342 e. The maximum atomic E-state index is 12.2. The average Bonchev–Trinajstić information content (AvgIpc) is 2.32. The number of amides is 1. The van der Waals surface area contributed by atoms with E-state index < -0.39 is 5.41 Å². The first-order chi connectivity index (χ1) is 7.91. The Kier molecular flexibility index (Phi) is 6.82. The third-order valence-electron chi connectivity index (χ3n) is 3.13. The molecule has 0 aromatic rings. The lowest BCUT2D eigenvalue weighted by Gasteiger charge is -2.28. The summed E-state index contributed by atoms with van der Waals surface area (Å²) in [5.74, 6) is -0.0382. The molecule has 0 bridgehead atoms. The molecule has 0 fully saturated rings. The molecule has 0 aliphatic rings. The minimum Gasteiger partial charge on any atom is -0.342 e. The van der Waals surface area contributed by atoms with Crippen LogP contribution in [0.2, 0.25) is 0 Å². The van der Waals surface area contributed by atoms with Gasteiger partial charge in [0.15, 0.2) is 0 Å². The van der Waals surface area contributed by atoms with E-state index in [1.165, 1.54) is 0 Å². The molecule has 0 radical (unpaired) electrons. The molecular weight excluding hydrogens is 214 g/mol. The van der Waals surface area contributed by atoms with Gasteiger partial charge >= 0.3 is 0 Å². The Labute approximate surface area is 105 Å². The first-order valence-corrected chi connectivity index (χ1v) is 6.26. The summed E-state index contributed by atoms with van der Waals surface area (Å²) in [5, 5.41) is 9.11. The maximum Gasteiger partial charge on any atom is 0.242 e. The van der Waals surface area contributed by atoms with Crippen molar-refractivity contribution in [2.24, 2.45) is 5.41 Å². The van der Waals surface area contributed by atoms with E-state index in [4.69, 9.17) is 5.26 Å². The number of carbonyl (C=O) groups is 1. The van der Waals surface area contributed by atoms with Crippen LogP contribution in [0.1, 0.15) is 33.6 Å². The standard InChI is InChI=1S/C13H25N3O/c1-6-13(3,11-14)12(17)16(7-2)10-8-9-15(4)5/h6-10H2,1-5H3. The Morgan fingerprint density at radius 2 is 1.88 bits per heavy atom. The van der Waals surface area contributed by atoms with Gasteiger partial charge in [-0.15, -0.1) is 0 Å². The molecule has 1 amide bonds. The lowest BCUT2D eigenvalue weighted by Crippen LogP contribution is -2.42. The molecule has 0 heterocycles. The molecule has 98 valence electrons. The summed E-state index contributed by atoms with van der Waals surface area (Å²) in [7, 11) is 4.03. The van der Waals surface area contributed by atoms with Crippen molar-refractivity contribution in [3.05, 3.63) is 0 Å². The Bertz CT molecular complexity index is 283. The van der Waals surface area contributed by atoms with Gasteiger partial charge in [0, 0.05) is 13.1 Å². The molecule has 0 saturated carbocycles. The molecule has 0 saturated heterocycles. The summed E-state index contributed by atoms with van der Waals surface area (Å²) >= 11 is 0. The zero-order valence-electron chi connectivity index (χ0n) is 11.8. The van der Waals surface area contributed by atoms with Crippen LogP contribution < -0.4 is 0 Å². The van der Waals surface area contributed by atoms with Crippen molar-refractivity contribution in [1.82, 2.24) is 9.80 Å². The van der Waals surface area contributed by atoms with E-state index in [2.05, 4.69) is 11.0 Å². The van der Waals surface area contributed by atoms with Crippen LogP contribution in [0.4, 0.5) is 0 Å². The van der Waals surface area contributed by atoms with E-state index in [1.807, 2.05) is 27.9 Å². The van der Waals surface area contributed by atoms with E-state index in [9.17, 15) is 4.79 Å². The monoisotopic (exact) mass is 239 g/mol. The van der Waals surface area contributed by atoms with Crippen LogP contribution in [0.5, 0.6) is 0 Å². The minimum atomic E-state index is -0.867. The lowest BCUT2D eigenvalue weighted by molar-refractivity contribution is -0.138. The zero-order valence-corrected chi connectivity index (χ0v) is 11.8. The highest BCUT2D eigenvalue weighted by Gasteiger charge is 2.34. The summed E-state index contributed by atoms with van der Waals surface area (Å²) < 4.78 is 0. The van der Waals surface area contributed by atoms with Crippen LogP contribution in [-0.2, 0) is 4.79 Å². The molecule has 0 rings (SSSR count). The van der Waals surface area contributed by atoms with Crippen LogP contribution in [-0.4, -0.2) is 49.4 Å². The normalized spacial score (nSPS) is 14.2. The zero-order chi connectivity index (χ0) is 13.5. The lowest BCUT2D eigenvalue weighted by atomic mass is 9.87. The number of carbonyl (C=O) groups excluding carboxylic acids is 1. The number of nitrogens with zero attached hydrogens (tertiary/aromatic N) is 3. The van der Waals surface area contributed by atoms with Crippen molar-refractivity contribution in [3.63, 3.8) is 0 Å². The molecule has 0 aliphatic carbocycles. The molecule has 0 aliphatic heterocycles. The fraction of sp³-hybridized carbons (Fsp3) is 0.846. The van der Waals surface area contributed by atoms with Crippen molar-refractivity contribution in [2.75, 3.05) is 33.7 Å². The van der Waals surface area contributed by atoms with Crippen LogP contribution in [0.15, 0.2) is 0 Å². The Balaban J connectivity index is 4.46. The number of hydrogen-bond donors (Lipinski definition) is 0. The molecule has 4 heteroatoms. The number of rotatable bonds is 7. The van der Waals surface area contributed by atoms with Gasteiger partial charge in [-0.25, -0.2) is 0 Å². The topological polar surface area (TPSA) is 47.3 Å². The minimum absolute atomic E-state index is 0.0382. The maximum absolute atomic E-state index is 12.2. The fourth-order valence-corrected chi connectivity index (χ4v) is 1.61. The second kappa shape index (κ2) is 7.29. The van der Waals surface area contributed by atoms with E-state index in [0.29, 0.717) is 13.0 Å². The van der Waals surface area contributed by atoms with Crippen molar-refractivity contribution in [2.45, 2.75) is 33.6 Å². The van der Waals surface area contributed by atoms with Gasteiger partial charge in [0.05, 0.1) is 6.07 Å². The molecule has 1 atom stereocenters. The van der Waals surface area contributed by atoms with Crippen LogP contribution >= 0.6 is 0 Å². The van der Waals surface area contributed by atoms with Gasteiger partial charge in [0.25, 0.3) is 0 Å². The predicted octanol–water partition coefficient (Wildman–Crippen LogP) is 1.73.